The van der Waals surface area contributed by atoms with Gasteiger partial charge in [-0.3, -0.25) is 9.48 Å². The van der Waals surface area contributed by atoms with Gasteiger partial charge in [0.05, 0.1) is 9.77 Å². The first-order chi connectivity index (χ1) is 8.47. The fourth-order valence-corrected chi connectivity index (χ4v) is 2.72. The van der Waals surface area contributed by atoms with Gasteiger partial charge >= 0.3 is 0 Å². The lowest BCUT2D eigenvalue weighted by molar-refractivity contribution is 0.0966. The Morgan fingerprint density at radius 1 is 1.28 bits per heavy atom. The summed E-state index contributed by atoms with van der Waals surface area (Å²) in [6.45, 7) is 6.32. The average Bonchev–Trinajstić information content (AvgIpc) is 2.62. The Balaban J connectivity index is 2.29. The van der Waals surface area contributed by atoms with E-state index in [9.17, 15) is 4.79 Å². The molecule has 0 aliphatic heterocycles. The predicted molar refractivity (Wildman–Crippen MR) is 79.9 cm³/mol. The summed E-state index contributed by atoms with van der Waals surface area (Å²) in [5.41, 5.74) is 4.10. The summed E-state index contributed by atoms with van der Waals surface area (Å²) >= 11 is 2.19. The number of halogens is 1. The average molecular weight is 354 g/mol. The summed E-state index contributed by atoms with van der Waals surface area (Å²) in [7, 11) is 0. The molecule has 1 aromatic carbocycles. The first-order valence-corrected chi connectivity index (χ1v) is 6.84. The number of hydrogen-bond acceptors (Lipinski definition) is 2. The van der Waals surface area contributed by atoms with E-state index in [1.807, 2.05) is 39.1 Å². The molecule has 0 spiro atoms. The lowest BCUT2D eigenvalue weighted by Gasteiger charge is -2.10. The van der Waals surface area contributed by atoms with Crippen LogP contribution >= 0.6 is 22.6 Å². The van der Waals surface area contributed by atoms with E-state index in [0.29, 0.717) is 6.54 Å². The van der Waals surface area contributed by atoms with Crippen molar-refractivity contribution in [3.63, 3.8) is 0 Å². The molecule has 2 aromatic rings. The smallest absolute Gasteiger partial charge is 0.184 e. The third-order valence-corrected chi connectivity index (χ3v) is 3.42. The molecule has 18 heavy (non-hydrogen) atoms. The van der Waals surface area contributed by atoms with E-state index in [4.69, 9.17) is 0 Å². The van der Waals surface area contributed by atoms with Crippen molar-refractivity contribution in [3.05, 3.63) is 50.4 Å². The van der Waals surface area contributed by atoms with Crippen molar-refractivity contribution < 1.29 is 4.79 Å². The summed E-state index contributed by atoms with van der Waals surface area (Å²) < 4.78 is 2.72. The normalized spacial score (nSPS) is 10.7. The Hall–Kier alpha value is -1.17. The fraction of sp³-hybridized carbons (Fsp3) is 0.286. The Labute approximate surface area is 120 Å². The van der Waals surface area contributed by atoms with Gasteiger partial charge in [-0.25, -0.2) is 0 Å². The highest BCUT2D eigenvalue weighted by Crippen LogP contribution is 2.17. The maximum atomic E-state index is 12.3. The molecule has 2 rings (SSSR count). The third kappa shape index (κ3) is 2.80. The molecule has 3 nitrogen and oxygen atoms in total. The van der Waals surface area contributed by atoms with Crippen LogP contribution in [0.2, 0.25) is 0 Å². The van der Waals surface area contributed by atoms with Crippen molar-refractivity contribution in [2.45, 2.75) is 27.3 Å². The van der Waals surface area contributed by atoms with Crippen LogP contribution in [0.3, 0.4) is 0 Å². The van der Waals surface area contributed by atoms with Crippen LogP contribution in [-0.4, -0.2) is 15.6 Å². The van der Waals surface area contributed by atoms with Crippen LogP contribution in [0.15, 0.2) is 24.5 Å². The number of rotatable bonds is 3. The van der Waals surface area contributed by atoms with Gasteiger partial charge in [-0.1, -0.05) is 17.7 Å². The highest BCUT2D eigenvalue weighted by Gasteiger charge is 2.13. The molecule has 0 aliphatic rings. The molecule has 0 saturated carbocycles. The lowest BCUT2D eigenvalue weighted by Crippen LogP contribution is -2.13. The van der Waals surface area contributed by atoms with Gasteiger partial charge in [0.1, 0.15) is 6.54 Å². The number of carbonyl (C=O) groups is 1. The molecule has 1 heterocycles. The van der Waals surface area contributed by atoms with Gasteiger partial charge in [0, 0.05) is 11.8 Å². The molecular weight excluding hydrogens is 339 g/mol. The summed E-state index contributed by atoms with van der Waals surface area (Å²) in [6.07, 6.45) is 3.63. The minimum absolute atomic E-state index is 0.115. The topological polar surface area (TPSA) is 34.9 Å². The highest BCUT2D eigenvalue weighted by atomic mass is 127. The third-order valence-electron chi connectivity index (χ3n) is 2.86. The summed E-state index contributed by atoms with van der Waals surface area (Å²) in [5, 5.41) is 4.15. The van der Waals surface area contributed by atoms with Crippen molar-refractivity contribution in [1.82, 2.24) is 9.78 Å². The van der Waals surface area contributed by atoms with E-state index in [1.54, 1.807) is 10.9 Å². The summed E-state index contributed by atoms with van der Waals surface area (Å²) in [4.78, 5) is 12.3. The molecule has 0 fully saturated rings. The molecule has 0 amide bonds. The van der Waals surface area contributed by atoms with Crippen molar-refractivity contribution in [2.24, 2.45) is 0 Å². The zero-order valence-corrected chi connectivity index (χ0v) is 12.9. The molecular formula is C14H15IN2O. The van der Waals surface area contributed by atoms with Gasteiger partial charge in [0.2, 0.25) is 0 Å². The minimum Gasteiger partial charge on any atom is -0.292 e. The second-order valence-electron chi connectivity index (χ2n) is 4.55. The molecule has 0 aliphatic carbocycles. The predicted octanol–water partition coefficient (Wildman–Crippen LogP) is 3.30. The van der Waals surface area contributed by atoms with Crippen LogP contribution in [0.5, 0.6) is 0 Å². The van der Waals surface area contributed by atoms with Crippen LogP contribution in [0, 0.1) is 24.3 Å². The van der Waals surface area contributed by atoms with Crippen LogP contribution < -0.4 is 0 Å². The maximum absolute atomic E-state index is 12.3. The number of hydrogen-bond donors (Lipinski definition) is 0. The zero-order chi connectivity index (χ0) is 13.3. The molecule has 0 atom stereocenters. The highest BCUT2D eigenvalue weighted by molar-refractivity contribution is 14.1. The quantitative estimate of drug-likeness (QED) is 0.626. The number of carbonyl (C=O) groups excluding carboxylic acids is 1. The van der Waals surface area contributed by atoms with Gasteiger partial charge in [-0.2, -0.15) is 5.10 Å². The molecule has 4 heteroatoms. The number of aromatic nitrogens is 2. The van der Waals surface area contributed by atoms with Gasteiger partial charge in [-0.15, -0.1) is 0 Å². The first-order valence-electron chi connectivity index (χ1n) is 5.76. The van der Waals surface area contributed by atoms with E-state index in [1.165, 1.54) is 5.56 Å². The summed E-state index contributed by atoms with van der Waals surface area (Å²) in [6, 6.07) is 4.10. The van der Waals surface area contributed by atoms with E-state index < -0.39 is 0 Å². The maximum Gasteiger partial charge on any atom is 0.184 e. The molecule has 0 radical (unpaired) electrons. The Bertz CT molecular complexity index is 579. The zero-order valence-electron chi connectivity index (χ0n) is 10.7. The van der Waals surface area contributed by atoms with Crippen LogP contribution in [0.4, 0.5) is 0 Å². The Morgan fingerprint density at radius 3 is 2.39 bits per heavy atom. The number of benzene rings is 1. The van der Waals surface area contributed by atoms with Crippen molar-refractivity contribution in [2.75, 3.05) is 0 Å². The first kappa shape index (κ1) is 13.3. The Kier molecular flexibility index (Phi) is 3.85. The van der Waals surface area contributed by atoms with Crippen molar-refractivity contribution in [1.29, 1.82) is 0 Å². The number of Topliss-reactive ketones (excluding diaryl/α,β-unsaturated/α-hetero) is 1. The van der Waals surface area contributed by atoms with Gasteiger partial charge < -0.3 is 0 Å². The van der Waals surface area contributed by atoms with Crippen LogP contribution in [0.1, 0.15) is 27.0 Å². The number of ketones is 1. The monoisotopic (exact) mass is 354 g/mol. The molecule has 0 saturated heterocycles. The minimum atomic E-state index is 0.115. The van der Waals surface area contributed by atoms with E-state index >= 15 is 0 Å². The van der Waals surface area contributed by atoms with Crippen LogP contribution in [-0.2, 0) is 6.54 Å². The van der Waals surface area contributed by atoms with Gasteiger partial charge in [0.25, 0.3) is 0 Å². The van der Waals surface area contributed by atoms with E-state index in [-0.39, 0.29) is 5.78 Å². The van der Waals surface area contributed by atoms with Gasteiger partial charge in [0.15, 0.2) is 5.78 Å². The lowest BCUT2D eigenvalue weighted by atomic mass is 9.96. The van der Waals surface area contributed by atoms with E-state index in [2.05, 4.69) is 27.7 Å². The Morgan fingerprint density at radius 2 is 1.89 bits per heavy atom. The second-order valence-corrected chi connectivity index (χ2v) is 5.80. The number of aryl methyl sites for hydroxylation is 3. The fourth-order valence-electron chi connectivity index (χ4n) is 2.27. The summed E-state index contributed by atoms with van der Waals surface area (Å²) in [5.74, 6) is 0.115. The number of nitrogens with zero attached hydrogens (tertiary/aromatic N) is 2. The molecule has 0 unspecified atom stereocenters. The van der Waals surface area contributed by atoms with Crippen molar-refractivity contribution >= 4 is 28.4 Å². The SMILES string of the molecule is Cc1cc(C)c(C(=O)Cn2cc(I)cn2)c(C)c1. The van der Waals surface area contributed by atoms with E-state index in [0.717, 1.165) is 20.3 Å². The molecule has 94 valence electrons. The second kappa shape index (κ2) is 5.22. The standard InChI is InChI=1S/C14H15IN2O/c1-9-4-10(2)14(11(3)5-9)13(18)8-17-7-12(15)6-16-17/h4-7H,8H2,1-3H3. The molecule has 0 N–H and O–H groups in total. The molecule has 1 aromatic heterocycles. The molecule has 0 bridgehead atoms. The van der Waals surface area contributed by atoms with Gasteiger partial charge in [-0.05, 0) is 54.5 Å². The van der Waals surface area contributed by atoms with Crippen LogP contribution in [0.25, 0.3) is 0 Å². The largest absolute Gasteiger partial charge is 0.292 e. The van der Waals surface area contributed by atoms with Crippen molar-refractivity contribution in [3.8, 4) is 0 Å².